The van der Waals surface area contributed by atoms with Gasteiger partial charge in [0.1, 0.15) is 5.69 Å². The number of benzene rings is 1. The number of hydrazine groups is 1. The topological polar surface area (TPSA) is 76.4 Å². The summed E-state index contributed by atoms with van der Waals surface area (Å²) in [7, 11) is 0. The van der Waals surface area contributed by atoms with Crippen molar-refractivity contribution in [1.29, 1.82) is 0 Å². The highest BCUT2D eigenvalue weighted by Gasteiger charge is 2.09. The molecule has 14 heavy (non-hydrogen) atoms. The lowest BCUT2D eigenvalue weighted by atomic mass is 10.3. The van der Waals surface area contributed by atoms with Crippen LogP contribution in [0.5, 0.6) is 0 Å². The zero-order chi connectivity index (χ0) is 10.7. The lowest BCUT2D eigenvalue weighted by Crippen LogP contribution is -2.36. The maximum absolute atomic E-state index is 13.1. The van der Waals surface area contributed by atoms with Gasteiger partial charge in [0.05, 0.1) is 0 Å². The van der Waals surface area contributed by atoms with Gasteiger partial charge in [-0.25, -0.2) is 19.6 Å². The summed E-state index contributed by atoms with van der Waals surface area (Å²) in [6.07, 6.45) is 0. The number of aliphatic imine (C=N–C) groups is 1. The van der Waals surface area contributed by atoms with Gasteiger partial charge in [-0.1, -0.05) is 15.9 Å². The van der Waals surface area contributed by atoms with Gasteiger partial charge in [0.15, 0.2) is 11.6 Å². The molecule has 0 heterocycles. The quantitative estimate of drug-likeness (QED) is 0.308. The van der Waals surface area contributed by atoms with Gasteiger partial charge in [-0.3, -0.25) is 5.43 Å². The highest BCUT2D eigenvalue weighted by molar-refractivity contribution is 9.10. The molecule has 0 atom stereocenters. The lowest BCUT2D eigenvalue weighted by molar-refractivity contribution is 0.585. The number of guanidine groups is 1. The maximum Gasteiger partial charge on any atom is 0.208 e. The molecular formula is C7H7BrF2N4. The second-order valence-corrected chi connectivity index (χ2v) is 3.28. The molecule has 0 bridgehead atoms. The SMILES string of the molecule is NNC(N)=Nc1c(F)cc(Br)cc1F. The molecule has 0 aliphatic carbocycles. The summed E-state index contributed by atoms with van der Waals surface area (Å²) in [5.74, 6) is 2.97. The van der Waals surface area contributed by atoms with E-state index in [1.54, 1.807) is 0 Å². The van der Waals surface area contributed by atoms with Gasteiger partial charge in [-0.05, 0) is 12.1 Å². The molecule has 0 saturated heterocycles. The first-order chi connectivity index (χ1) is 6.54. The zero-order valence-electron chi connectivity index (χ0n) is 6.89. The molecule has 76 valence electrons. The van der Waals surface area contributed by atoms with Gasteiger partial charge in [-0.15, -0.1) is 0 Å². The number of nitrogens with zero attached hydrogens (tertiary/aromatic N) is 1. The van der Waals surface area contributed by atoms with Crippen LogP contribution in [0.4, 0.5) is 14.5 Å². The van der Waals surface area contributed by atoms with Crippen LogP contribution in [0.2, 0.25) is 0 Å². The molecule has 1 rings (SSSR count). The van der Waals surface area contributed by atoms with Crippen LogP contribution in [0.1, 0.15) is 0 Å². The average Bonchev–Trinajstić information content (AvgIpc) is 2.10. The third-order valence-corrected chi connectivity index (χ3v) is 1.82. The van der Waals surface area contributed by atoms with Crippen LogP contribution >= 0.6 is 15.9 Å². The third kappa shape index (κ3) is 2.39. The molecule has 0 spiro atoms. The number of rotatable bonds is 1. The summed E-state index contributed by atoms with van der Waals surface area (Å²) in [6, 6.07) is 2.15. The van der Waals surface area contributed by atoms with E-state index >= 15 is 0 Å². The Morgan fingerprint density at radius 2 is 1.86 bits per heavy atom. The minimum atomic E-state index is -0.824. The van der Waals surface area contributed by atoms with Gasteiger partial charge < -0.3 is 5.73 Å². The minimum Gasteiger partial charge on any atom is -0.369 e. The molecule has 4 nitrogen and oxygen atoms in total. The van der Waals surface area contributed by atoms with Crippen molar-refractivity contribution in [2.45, 2.75) is 0 Å². The van der Waals surface area contributed by atoms with Crippen molar-refractivity contribution in [2.24, 2.45) is 16.6 Å². The van der Waals surface area contributed by atoms with Crippen LogP contribution in [-0.4, -0.2) is 5.96 Å². The number of nitrogens with two attached hydrogens (primary N) is 2. The molecular weight excluding hydrogens is 258 g/mol. The molecule has 5 N–H and O–H groups in total. The van der Waals surface area contributed by atoms with Gasteiger partial charge in [0, 0.05) is 4.47 Å². The standard InChI is InChI=1S/C7H7BrF2N4/c8-3-1-4(9)6(5(10)2-3)13-7(11)14-12/h1-2H,12H2,(H3,11,13,14). The predicted octanol–water partition coefficient (Wildman–Crippen LogP) is 1.14. The molecule has 1 aromatic rings. The first kappa shape index (κ1) is 10.9. The Hall–Kier alpha value is -1.21. The number of nitrogens with one attached hydrogen (secondary N) is 1. The van der Waals surface area contributed by atoms with Crippen molar-refractivity contribution in [1.82, 2.24) is 5.43 Å². The Bertz CT molecular complexity index is 357. The van der Waals surface area contributed by atoms with E-state index in [0.717, 1.165) is 12.1 Å². The van der Waals surface area contributed by atoms with E-state index in [2.05, 4.69) is 20.9 Å². The fraction of sp³-hybridized carbons (Fsp3) is 0. The average molecular weight is 265 g/mol. The molecule has 0 unspecified atom stereocenters. The maximum atomic E-state index is 13.1. The zero-order valence-corrected chi connectivity index (χ0v) is 8.48. The smallest absolute Gasteiger partial charge is 0.208 e. The molecule has 7 heteroatoms. The number of hydrogen-bond acceptors (Lipinski definition) is 2. The number of halogens is 3. The second kappa shape index (κ2) is 4.34. The summed E-state index contributed by atoms with van der Waals surface area (Å²) < 4.78 is 26.5. The van der Waals surface area contributed by atoms with Crippen LogP contribution in [0.25, 0.3) is 0 Å². The summed E-state index contributed by atoms with van der Waals surface area (Å²) in [6.45, 7) is 0. The van der Waals surface area contributed by atoms with E-state index in [4.69, 9.17) is 11.6 Å². The molecule has 0 aliphatic heterocycles. The Balaban J connectivity index is 3.21. The van der Waals surface area contributed by atoms with Crippen LogP contribution in [0.15, 0.2) is 21.6 Å². The van der Waals surface area contributed by atoms with E-state index in [1.807, 2.05) is 5.43 Å². The minimum absolute atomic E-state index is 0.273. The Labute approximate surface area is 87.1 Å². The third-order valence-electron chi connectivity index (χ3n) is 1.36. The predicted molar refractivity (Wildman–Crippen MR) is 52.7 cm³/mol. The Kier molecular flexibility index (Phi) is 3.37. The summed E-state index contributed by atoms with van der Waals surface area (Å²) >= 11 is 2.93. The summed E-state index contributed by atoms with van der Waals surface area (Å²) in [4.78, 5) is 3.41. The van der Waals surface area contributed by atoms with Crippen LogP contribution in [0.3, 0.4) is 0 Å². The molecule has 0 saturated carbocycles. The highest BCUT2D eigenvalue weighted by Crippen LogP contribution is 2.25. The molecule has 1 aromatic carbocycles. The normalized spacial score (nSPS) is 11.6. The molecule has 0 amide bonds. The van der Waals surface area contributed by atoms with E-state index in [-0.39, 0.29) is 10.4 Å². The van der Waals surface area contributed by atoms with Gasteiger partial charge in [0.2, 0.25) is 5.96 Å². The number of hydrogen-bond donors (Lipinski definition) is 3. The molecule has 0 fully saturated rings. The summed E-state index contributed by atoms with van der Waals surface area (Å²) in [5, 5.41) is 0. The van der Waals surface area contributed by atoms with Crippen molar-refractivity contribution in [3.63, 3.8) is 0 Å². The summed E-state index contributed by atoms with van der Waals surface area (Å²) in [5.41, 5.74) is 6.63. The second-order valence-electron chi connectivity index (χ2n) is 2.36. The highest BCUT2D eigenvalue weighted by atomic mass is 79.9. The van der Waals surface area contributed by atoms with Crippen molar-refractivity contribution in [3.8, 4) is 0 Å². The lowest BCUT2D eigenvalue weighted by Gasteiger charge is -2.02. The van der Waals surface area contributed by atoms with Gasteiger partial charge >= 0.3 is 0 Å². The Morgan fingerprint density at radius 3 is 2.29 bits per heavy atom. The fourth-order valence-electron chi connectivity index (χ4n) is 0.794. The fourth-order valence-corrected chi connectivity index (χ4v) is 1.20. The van der Waals surface area contributed by atoms with Gasteiger partial charge in [0.25, 0.3) is 0 Å². The molecule has 0 aliphatic rings. The Morgan fingerprint density at radius 1 is 1.36 bits per heavy atom. The monoisotopic (exact) mass is 264 g/mol. The molecule has 0 aromatic heterocycles. The van der Waals surface area contributed by atoms with E-state index in [1.165, 1.54) is 0 Å². The first-order valence-electron chi connectivity index (χ1n) is 3.50. The van der Waals surface area contributed by atoms with Crippen LogP contribution in [0, 0.1) is 11.6 Å². The van der Waals surface area contributed by atoms with Crippen molar-refractivity contribution < 1.29 is 8.78 Å². The van der Waals surface area contributed by atoms with Gasteiger partial charge in [-0.2, -0.15) is 0 Å². The van der Waals surface area contributed by atoms with E-state index < -0.39 is 17.3 Å². The van der Waals surface area contributed by atoms with Crippen LogP contribution < -0.4 is 17.0 Å². The van der Waals surface area contributed by atoms with Crippen molar-refractivity contribution in [2.75, 3.05) is 0 Å². The van der Waals surface area contributed by atoms with E-state index in [0.29, 0.717) is 0 Å². The van der Waals surface area contributed by atoms with Crippen LogP contribution in [-0.2, 0) is 0 Å². The molecule has 0 radical (unpaired) electrons. The largest absolute Gasteiger partial charge is 0.369 e. The first-order valence-corrected chi connectivity index (χ1v) is 4.29. The van der Waals surface area contributed by atoms with E-state index in [9.17, 15) is 8.78 Å². The van der Waals surface area contributed by atoms with Crippen molar-refractivity contribution in [3.05, 3.63) is 28.2 Å². The van der Waals surface area contributed by atoms with Crippen molar-refractivity contribution >= 4 is 27.6 Å².